The number of aliphatic hydroxyl groups is 4. The van der Waals surface area contributed by atoms with Crippen molar-refractivity contribution in [3.63, 3.8) is 0 Å². The number of hydrogen-bond acceptors (Lipinski definition) is 14. The van der Waals surface area contributed by atoms with E-state index in [0.717, 1.165) is 43.1 Å². The predicted octanol–water partition coefficient (Wildman–Crippen LogP) is 2.84. The standard InChI is InChI=1S/C43H63ClN2O12S/c1-7-8-23-17-28(46(5)20-23)39(54)45-34(22(2)44)37-35(52)36(53)38(40(58-37)59-6)57-32(51)12-11-31(50)56-21-30(49)43(55)16-14-27-26-10-9-24-18-25(47)13-15-41(24,3)33(26)29(48)19-42(27,43)4/h13,15,18,22-23,26-29,33-38,40,48,52-53,55H,7-12,14,16-17,19-21H2,1-6H3,(H,45,54)/t22?,23?,26?,27?,28?,29-,33?,34+,35+,36-,37+,38+,40+,41-,42-,43-/m0/s1. The molecule has 330 valence electrons. The molecule has 2 saturated heterocycles. The van der Waals surface area contributed by atoms with E-state index in [4.69, 9.17) is 25.8 Å². The Morgan fingerprint density at radius 1 is 1.12 bits per heavy atom. The largest absolute Gasteiger partial charge is 0.458 e. The fourth-order valence-corrected chi connectivity index (χ4v) is 12.7. The van der Waals surface area contributed by atoms with Crippen molar-refractivity contribution >= 4 is 52.8 Å². The minimum Gasteiger partial charge on any atom is -0.458 e. The number of nitrogens with one attached hydrogen (secondary N) is 1. The van der Waals surface area contributed by atoms with E-state index < -0.39 is 101 Å². The molecule has 5 fully saturated rings. The summed E-state index contributed by atoms with van der Waals surface area (Å²) in [5.74, 6) is -2.55. The number of thioether (sulfide) groups is 1. The molecule has 16 atom stereocenters. The third-order valence-corrected chi connectivity index (χ3v) is 16.0. The minimum absolute atomic E-state index is 0.0125. The molecule has 59 heavy (non-hydrogen) atoms. The van der Waals surface area contributed by atoms with Crippen LogP contribution in [0.5, 0.6) is 0 Å². The van der Waals surface area contributed by atoms with Gasteiger partial charge in [0.2, 0.25) is 11.7 Å². The average molecular weight is 867 g/mol. The highest BCUT2D eigenvalue weighted by Crippen LogP contribution is 2.67. The van der Waals surface area contributed by atoms with Crippen LogP contribution in [0.1, 0.15) is 91.9 Å². The molecular formula is C43H63ClN2O12S. The zero-order valence-corrected chi connectivity index (χ0v) is 36.6. The van der Waals surface area contributed by atoms with Crippen molar-refractivity contribution in [3.05, 3.63) is 23.8 Å². The summed E-state index contributed by atoms with van der Waals surface area (Å²) in [6.45, 7) is 7.74. The van der Waals surface area contributed by atoms with Gasteiger partial charge in [-0.3, -0.25) is 28.9 Å². The van der Waals surface area contributed by atoms with E-state index >= 15 is 0 Å². The van der Waals surface area contributed by atoms with E-state index in [-0.39, 0.29) is 48.3 Å². The zero-order chi connectivity index (χ0) is 43.2. The van der Waals surface area contributed by atoms with Gasteiger partial charge in [0, 0.05) is 23.3 Å². The molecule has 4 aliphatic carbocycles. The average Bonchev–Trinajstić information content (AvgIpc) is 3.69. The van der Waals surface area contributed by atoms with Gasteiger partial charge in [-0.15, -0.1) is 23.4 Å². The fraction of sp³-hybridized carbons (Fsp3) is 0.791. The number of Topliss-reactive ketones (excluding diaryl/α,β-unsaturated/α-hetero) is 1. The van der Waals surface area contributed by atoms with Crippen LogP contribution in [-0.4, -0.2) is 140 Å². The highest BCUT2D eigenvalue weighted by molar-refractivity contribution is 7.99. The Balaban J connectivity index is 1.00. The molecule has 0 aromatic rings. The first-order valence-electron chi connectivity index (χ1n) is 21.2. The van der Waals surface area contributed by atoms with Crippen molar-refractivity contribution in [1.29, 1.82) is 0 Å². The molecular weight excluding hydrogens is 804 g/mol. The lowest BCUT2D eigenvalue weighted by Gasteiger charge is -2.59. The van der Waals surface area contributed by atoms with Crippen LogP contribution in [-0.2, 0) is 38.2 Å². The van der Waals surface area contributed by atoms with Crippen LogP contribution in [0.15, 0.2) is 23.8 Å². The number of rotatable bonds is 14. The summed E-state index contributed by atoms with van der Waals surface area (Å²) in [6.07, 6.45) is 4.46. The number of hydrogen-bond donors (Lipinski definition) is 5. The first kappa shape index (κ1) is 46.1. The van der Waals surface area contributed by atoms with Gasteiger partial charge >= 0.3 is 11.9 Å². The van der Waals surface area contributed by atoms with Crippen LogP contribution < -0.4 is 5.32 Å². The molecule has 0 bridgehead atoms. The van der Waals surface area contributed by atoms with E-state index in [1.165, 1.54) is 0 Å². The van der Waals surface area contributed by atoms with Crippen molar-refractivity contribution in [2.75, 3.05) is 26.5 Å². The smallest absolute Gasteiger partial charge is 0.306 e. The molecule has 14 nitrogen and oxygen atoms in total. The zero-order valence-electron chi connectivity index (χ0n) is 35.0. The fourth-order valence-electron chi connectivity index (χ4n) is 11.8. The number of carbonyl (C=O) groups is 5. The summed E-state index contributed by atoms with van der Waals surface area (Å²) >= 11 is 7.66. The van der Waals surface area contributed by atoms with Crippen LogP contribution in [0, 0.1) is 34.5 Å². The lowest BCUT2D eigenvalue weighted by atomic mass is 9.46. The molecule has 16 heteroatoms. The van der Waals surface area contributed by atoms with Crippen LogP contribution in [0.2, 0.25) is 0 Å². The van der Waals surface area contributed by atoms with Gasteiger partial charge in [0.15, 0.2) is 18.5 Å². The SMILES string of the molecule is CCCC1CC(C(=O)N[C@H](C(C)Cl)[C@H]2O[C@H](SC)[C@H](OC(=O)CCC(=O)OCC(=O)[C@@]3(O)CCC4C5CCC6=CC(=O)C=C[C@]6(C)C5[C@@H](O)C[C@@]43C)[C@@H](O)[C@H]2O)N(C)C1. The molecule has 0 aromatic carbocycles. The van der Waals surface area contributed by atoms with Crippen molar-refractivity contribution in [2.24, 2.45) is 34.5 Å². The summed E-state index contributed by atoms with van der Waals surface area (Å²) in [5.41, 5.74) is -3.24. The number of halogens is 1. The number of alkyl halides is 1. The third kappa shape index (κ3) is 8.70. The number of ether oxygens (including phenoxy) is 3. The van der Waals surface area contributed by atoms with Gasteiger partial charge in [-0.2, -0.15) is 0 Å². The Hall–Kier alpha value is -2.37. The topological polar surface area (TPSA) is 209 Å². The Labute approximate surface area is 356 Å². The second-order valence-electron chi connectivity index (χ2n) is 18.4. The summed E-state index contributed by atoms with van der Waals surface area (Å²) < 4.78 is 17.0. The van der Waals surface area contributed by atoms with Crippen LogP contribution in [0.4, 0.5) is 0 Å². The van der Waals surface area contributed by atoms with Crippen molar-refractivity contribution in [2.45, 2.75) is 151 Å². The maximum Gasteiger partial charge on any atom is 0.306 e. The maximum absolute atomic E-state index is 13.7. The van der Waals surface area contributed by atoms with E-state index in [1.807, 2.05) is 24.9 Å². The van der Waals surface area contributed by atoms with Gasteiger partial charge in [-0.25, -0.2) is 0 Å². The van der Waals surface area contributed by atoms with E-state index in [1.54, 1.807) is 25.3 Å². The molecule has 0 aromatic heterocycles. The number of ketones is 2. The first-order valence-corrected chi connectivity index (χ1v) is 22.9. The molecule has 0 spiro atoms. The summed E-state index contributed by atoms with van der Waals surface area (Å²) in [4.78, 5) is 67.1. The summed E-state index contributed by atoms with van der Waals surface area (Å²) in [6, 6.07) is -1.25. The van der Waals surface area contributed by atoms with E-state index in [9.17, 15) is 44.4 Å². The monoisotopic (exact) mass is 866 g/mol. The number of aliphatic hydroxyl groups excluding tert-OH is 3. The first-order chi connectivity index (χ1) is 27.8. The highest BCUT2D eigenvalue weighted by Gasteiger charge is 2.68. The normalized spacial score (nSPS) is 41.5. The number of nitrogens with zero attached hydrogens (tertiary/aromatic N) is 1. The maximum atomic E-state index is 13.7. The lowest BCUT2D eigenvalue weighted by Crippen LogP contribution is -2.65. The molecule has 1 amide bonds. The highest BCUT2D eigenvalue weighted by atomic mass is 35.5. The van der Waals surface area contributed by atoms with Crippen molar-refractivity contribution < 1.29 is 58.6 Å². The molecule has 3 saturated carbocycles. The number of esters is 2. The lowest BCUT2D eigenvalue weighted by molar-refractivity contribution is -0.219. The number of likely N-dealkylation sites (tertiary alicyclic amines) is 1. The second kappa shape index (κ2) is 18.2. The van der Waals surface area contributed by atoms with Gasteiger partial charge in [-0.1, -0.05) is 38.8 Å². The molecule has 2 aliphatic heterocycles. The Bertz CT molecular complexity index is 1690. The van der Waals surface area contributed by atoms with Crippen LogP contribution in [0.25, 0.3) is 0 Å². The summed E-state index contributed by atoms with van der Waals surface area (Å²) in [5, 5.41) is 48.3. The molecule has 2 heterocycles. The van der Waals surface area contributed by atoms with Crippen LogP contribution >= 0.6 is 23.4 Å². The molecule has 6 unspecified atom stereocenters. The number of allylic oxidation sites excluding steroid dienone is 4. The van der Waals surface area contributed by atoms with Crippen molar-refractivity contribution in [1.82, 2.24) is 10.2 Å². The van der Waals surface area contributed by atoms with Gasteiger partial charge in [0.1, 0.15) is 29.3 Å². The minimum atomic E-state index is -1.84. The number of amides is 1. The van der Waals surface area contributed by atoms with E-state index in [0.29, 0.717) is 25.2 Å². The van der Waals surface area contributed by atoms with E-state index in [2.05, 4.69) is 19.2 Å². The molecule has 0 radical (unpaired) electrons. The van der Waals surface area contributed by atoms with Gasteiger partial charge in [0.05, 0.1) is 36.4 Å². The molecule has 6 aliphatic rings. The Morgan fingerprint density at radius 2 is 1.83 bits per heavy atom. The predicted molar refractivity (Wildman–Crippen MR) is 219 cm³/mol. The quantitative estimate of drug-likeness (QED) is 0.126. The number of likely N-dealkylation sites (N-methyl/N-ethyl adjacent to an activating group) is 1. The second-order valence-corrected chi connectivity index (χ2v) is 20.0. The van der Waals surface area contributed by atoms with Crippen molar-refractivity contribution in [3.8, 4) is 0 Å². The van der Waals surface area contributed by atoms with Gasteiger partial charge in [-0.05, 0) is 95.1 Å². The third-order valence-electron chi connectivity index (χ3n) is 14.9. The molecule has 5 N–H and O–H groups in total. The number of carbonyl (C=O) groups excluding carboxylic acids is 5. The van der Waals surface area contributed by atoms with Gasteiger partial charge in [0.25, 0.3) is 0 Å². The molecule has 6 rings (SSSR count). The Kier molecular flexibility index (Phi) is 14.2. The number of fused-ring (bicyclic) bond motifs is 5. The Morgan fingerprint density at radius 3 is 2.51 bits per heavy atom. The van der Waals surface area contributed by atoms with Gasteiger partial charge < -0.3 is 40.0 Å². The van der Waals surface area contributed by atoms with Crippen LogP contribution in [0.3, 0.4) is 0 Å². The summed E-state index contributed by atoms with van der Waals surface area (Å²) in [7, 11) is 1.90.